The number of nitrogens with zero attached hydrogens (tertiary/aromatic N) is 2. The van der Waals surface area contributed by atoms with Crippen molar-refractivity contribution in [1.82, 2.24) is 9.38 Å². The number of pyridine rings is 1. The van der Waals surface area contributed by atoms with E-state index in [4.69, 9.17) is 0 Å². The van der Waals surface area contributed by atoms with Crippen LogP contribution in [0.15, 0.2) is 54.9 Å². The van der Waals surface area contributed by atoms with Crippen LogP contribution in [-0.2, 0) is 6.18 Å². The third-order valence-corrected chi connectivity index (χ3v) is 3.10. The zero-order chi connectivity index (χ0) is 15.7. The first-order valence-electron chi connectivity index (χ1n) is 6.36. The number of hydrogen-bond acceptors (Lipinski definition) is 2. The summed E-state index contributed by atoms with van der Waals surface area (Å²) in [6.45, 7) is 0. The van der Waals surface area contributed by atoms with Gasteiger partial charge >= 0.3 is 6.18 Å². The van der Waals surface area contributed by atoms with E-state index >= 15 is 0 Å². The van der Waals surface area contributed by atoms with Crippen LogP contribution in [0.3, 0.4) is 0 Å². The molecule has 0 bridgehead atoms. The highest BCUT2D eigenvalue weighted by atomic mass is 19.4. The molecule has 112 valence electrons. The Morgan fingerprint density at radius 2 is 1.95 bits per heavy atom. The topological polar surface area (TPSA) is 46.4 Å². The molecule has 0 aliphatic carbocycles. The molecule has 7 heteroatoms. The molecule has 0 aliphatic heterocycles. The van der Waals surface area contributed by atoms with Crippen LogP contribution in [0.4, 0.5) is 18.9 Å². The van der Waals surface area contributed by atoms with Crippen LogP contribution in [0.1, 0.15) is 16.1 Å². The smallest absolute Gasteiger partial charge is 0.321 e. The number of amides is 1. The molecule has 1 N–H and O–H groups in total. The Bertz CT molecular complexity index is 839. The molecule has 2 aromatic heterocycles. The molecule has 0 radical (unpaired) electrons. The minimum absolute atomic E-state index is 0.0747. The lowest BCUT2D eigenvalue weighted by Crippen LogP contribution is -2.15. The summed E-state index contributed by atoms with van der Waals surface area (Å²) in [6, 6.07) is 9.71. The standard InChI is InChI=1S/C15H10F3N3O/c16-15(17,18)10-4-3-5-11(8-10)20-14(22)12-9-19-13-6-1-2-7-21(12)13/h1-9H,(H,20,22). The number of hydrogen-bond donors (Lipinski definition) is 1. The molecular weight excluding hydrogens is 295 g/mol. The third-order valence-electron chi connectivity index (χ3n) is 3.10. The number of carbonyl (C=O) groups is 1. The third kappa shape index (κ3) is 2.65. The summed E-state index contributed by atoms with van der Waals surface area (Å²) < 4.78 is 39.5. The van der Waals surface area contributed by atoms with Gasteiger partial charge < -0.3 is 5.32 Å². The average molecular weight is 305 g/mol. The van der Waals surface area contributed by atoms with E-state index in [2.05, 4.69) is 10.3 Å². The largest absolute Gasteiger partial charge is 0.416 e. The number of rotatable bonds is 2. The Balaban J connectivity index is 1.89. The second kappa shape index (κ2) is 5.18. The second-order valence-electron chi connectivity index (χ2n) is 4.60. The van der Waals surface area contributed by atoms with Crippen molar-refractivity contribution in [3.05, 3.63) is 66.1 Å². The van der Waals surface area contributed by atoms with E-state index in [1.54, 1.807) is 28.8 Å². The number of nitrogens with one attached hydrogen (secondary N) is 1. The van der Waals surface area contributed by atoms with Gasteiger partial charge in [-0.05, 0) is 30.3 Å². The van der Waals surface area contributed by atoms with Crippen LogP contribution in [0.5, 0.6) is 0 Å². The number of fused-ring (bicyclic) bond motifs is 1. The van der Waals surface area contributed by atoms with Crippen LogP contribution in [0, 0.1) is 0 Å². The molecule has 0 spiro atoms. The Morgan fingerprint density at radius 3 is 2.73 bits per heavy atom. The molecule has 3 rings (SSSR count). The van der Waals surface area contributed by atoms with Gasteiger partial charge in [0.15, 0.2) is 0 Å². The van der Waals surface area contributed by atoms with Crippen LogP contribution in [0.2, 0.25) is 0 Å². The maximum Gasteiger partial charge on any atom is 0.416 e. The summed E-state index contributed by atoms with van der Waals surface area (Å²) in [5.74, 6) is -0.530. The molecule has 0 fully saturated rings. The molecule has 3 aromatic rings. The van der Waals surface area contributed by atoms with E-state index < -0.39 is 17.6 Å². The SMILES string of the molecule is O=C(Nc1cccc(C(F)(F)F)c1)c1cnc2ccccn12. The highest BCUT2D eigenvalue weighted by molar-refractivity contribution is 6.03. The molecule has 0 aliphatic rings. The summed E-state index contributed by atoms with van der Waals surface area (Å²) in [5.41, 5.74) is 0.0823. The van der Waals surface area contributed by atoms with Gasteiger partial charge in [0.05, 0.1) is 11.8 Å². The van der Waals surface area contributed by atoms with Crippen molar-refractivity contribution in [2.75, 3.05) is 5.32 Å². The Labute approximate surface area is 123 Å². The normalized spacial score (nSPS) is 11.6. The van der Waals surface area contributed by atoms with E-state index in [1.165, 1.54) is 18.3 Å². The lowest BCUT2D eigenvalue weighted by molar-refractivity contribution is -0.137. The predicted octanol–water partition coefficient (Wildman–Crippen LogP) is 3.61. The molecule has 4 nitrogen and oxygen atoms in total. The Kier molecular flexibility index (Phi) is 3.32. The van der Waals surface area contributed by atoms with Gasteiger partial charge in [0, 0.05) is 11.9 Å². The first kappa shape index (κ1) is 14.1. The molecule has 0 atom stereocenters. The number of anilines is 1. The molecule has 0 saturated heterocycles. The van der Waals surface area contributed by atoms with Crippen molar-refractivity contribution >= 4 is 17.2 Å². The van der Waals surface area contributed by atoms with E-state index in [1.807, 2.05) is 0 Å². The number of carbonyl (C=O) groups excluding carboxylic acids is 1. The predicted molar refractivity (Wildman–Crippen MR) is 74.6 cm³/mol. The quantitative estimate of drug-likeness (QED) is 0.786. The van der Waals surface area contributed by atoms with Crippen LogP contribution < -0.4 is 5.32 Å². The van der Waals surface area contributed by atoms with Crippen molar-refractivity contribution < 1.29 is 18.0 Å². The first-order valence-corrected chi connectivity index (χ1v) is 6.36. The van der Waals surface area contributed by atoms with Gasteiger partial charge in [0.1, 0.15) is 11.3 Å². The minimum Gasteiger partial charge on any atom is -0.321 e. The van der Waals surface area contributed by atoms with Crippen LogP contribution in [0.25, 0.3) is 5.65 Å². The highest BCUT2D eigenvalue weighted by Gasteiger charge is 2.30. The summed E-state index contributed by atoms with van der Waals surface area (Å²) >= 11 is 0. The first-order chi connectivity index (χ1) is 10.4. The highest BCUT2D eigenvalue weighted by Crippen LogP contribution is 2.30. The van der Waals surface area contributed by atoms with Gasteiger partial charge in [-0.2, -0.15) is 13.2 Å². The summed E-state index contributed by atoms with van der Waals surface area (Å²) in [6.07, 6.45) is -1.42. The van der Waals surface area contributed by atoms with Crippen LogP contribution >= 0.6 is 0 Å². The maximum absolute atomic E-state index is 12.7. The van der Waals surface area contributed by atoms with Crippen molar-refractivity contribution in [1.29, 1.82) is 0 Å². The minimum atomic E-state index is -4.45. The van der Waals surface area contributed by atoms with Crippen molar-refractivity contribution in [2.45, 2.75) is 6.18 Å². The lowest BCUT2D eigenvalue weighted by atomic mass is 10.2. The summed E-state index contributed by atoms with van der Waals surface area (Å²) in [4.78, 5) is 16.3. The van der Waals surface area contributed by atoms with E-state index in [0.29, 0.717) is 5.65 Å². The summed E-state index contributed by atoms with van der Waals surface area (Å²) in [5, 5.41) is 2.45. The van der Waals surface area contributed by atoms with Crippen LogP contribution in [-0.4, -0.2) is 15.3 Å². The molecule has 0 unspecified atom stereocenters. The van der Waals surface area contributed by atoms with Gasteiger partial charge in [-0.25, -0.2) is 4.98 Å². The van der Waals surface area contributed by atoms with E-state index in [-0.39, 0.29) is 11.4 Å². The summed E-state index contributed by atoms with van der Waals surface area (Å²) in [7, 11) is 0. The van der Waals surface area contributed by atoms with Crippen molar-refractivity contribution in [2.24, 2.45) is 0 Å². The number of alkyl halides is 3. The maximum atomic E-state index is 12.7. The van der Waals surface area contributed by atoms with Gasteiger partial charge in [0.25, 0.3) is 5.91 Å². The number of halogens is 3. The van der Waals surface area contributed by atoms with Gasteiger partial charge in [-0.15, -0.1) is 0 Å². The Morgan fingerprint density at radius 1 is 1.14 bits per heavy atom. The fraction of sp³-hybridized carbons (Fsp3) is 0.0667. The van der Waals surface area contributed by atoms with Crippen molar-refractivity contribution in [3.8, 4) is 0 Å². The zero-order valence-corrected chi connectivity index (χ0v) is 11.1. The second-order valence-corrected chi connectivity index (χ2v) is 4.60. The molecule has 22 heavy (non-hydrogen) atoms. The average Bonchev–Trinajstić information content (AvgIpc) is 2.90. The molecule has 0 saturated carbocycles. The number of benzene rings is 1. The molecular formula is C15H10F3N3O. The van der Waals surface area contributed by atoms with Gasteiger partial charge in [-0.3, -0.25) is 9.20 Å². The Hall–Kier alpha value is -2.83. The number of aromatic nitrogens is 2. The lowest BCUT2D eigenvalue weighted by Gasteiger charge is -2.09. The van der Waals surface area contributed by atoms with Gasteiger partial charge in [0.2, 0.25) is 0 Å². The fourth-order valence-corrected chi connectivity index (χ4v) is 2.07. The number of imidazole rings is 1. The fourth-order valence-electron chi connectivity index (χ4n) is 2.07. The molecule has 1 amide bonds. The van der Waals surface area contributed by atoms with E-state index in [0.717, 1.165) is 12.1 Å². The van der Waals surface area contributed by atoms with Gasteiger partial charge in [-0.1, -0.05) is 12.1 Å². The van der Waals surface area contributed by atoms with Crippen molar-refractivity contribution in [3.63, 3.8) is 0 Å². The zero-order valence-electron chi connectivity index (χ0n) is 11.1. The molecule has 2 heterocycles. The monoisotopic (exact) mass is 305 g/mol. The van der Waals surface area contributed by atoms with E-state index in [9.17, 15) is 18.0 Å². The molecule has 1 aromatic carbocycles.